The molecule has 2 unspecified atom stereocenters. The van der Waals surface area contributed by atoms with Gasteiger partial charge in [0.1, 0.15) is 12.4 Å². The highest BCUT2D eigenvalue weighted by Gasteiger charge is 2.29. The molecule has 0 aliphatic rings. The highest BCUT2D eigenvalue weighted by Crippen LogP contribution is 2.22. The molecule has 0 aliphatic carbocycles. The van der Waals surface area contributed by atoms with Crippen molar-refractivity contribution in [1.29, 1.82) is 0 Å². The van der Waals surface area contributed by atoms with Gasteiger partial charge in [0.25, 0.3) is 5.56 Å². The molecule has 0 saturated carbocycles. The number of carboxylic acid groups (broad SMARTS) is 2. The zero-order valence-electron chi connectivity index (χ0n) is 29.4. The second-order valence-corrected chi connectivity index (χ2v) is 13.0. The maximum atomic E-state index is 13.9. The molecular formula is C36H42ClFN6O8S. The Balaban J connectivity index is 0.000000661. The summed E-state index contributed by atoms with van der Waals surface area (Å²) in [4.78, 5) is 63.4. The van der Waals surface area contributed by atoms with Crippen LogP contribution in [0.3, 0.4) is 0 Å². The van der Waals surface area contributed by atoms with Gasteiger partial charge in [0.2, 0.25) is 5.91 Å². The summed E-state index contributed by atoms with van der Waals surface area (Å²) in [6, 6.07) is 13.5. The third kappa shape index (κ3) is 13.3. The van der Waals surface area contributed by atoms with E-state index in [9.17, 15) is 23.6 Å². The van der Waals surface area contributed by atoms with Crippen LogP contribution in [0.25, 0.3) is 11.4 Å². The molecule has 2 aromatic heterocycles. The fourth-order valence-corrected chi connectivity index (χ4v) is 5.78. The van der Waals surface area contributed by atoms with E-state index in [1.807, 2.05) is 19.1 Å². The minimum Gasteiger partial charge on any atom is -0.479 e. The van der Waals surface area contributed by atoms with Crippen LogP contribution in [0.2, 0.25) is 5.02 Å². The molecular weight excluding hydrogens is 731 g/mol. The Hall–Kier alpha value is -4.74. The highest BCUT2D eigenvalue weighted by molar-refractivity contribution is 7.98. The molecule has 4 N–H and O–H groups in total. The molecule has 2 heterocycles. The van der Waals surface area contributed by atoms with E-state index < -0.39 is 24.1 Å². The number of aromatic nitrogens is 4. The zero-order valence-corrected chi connectivity index (χ0v) is 31.0. The quantitative estimate of drug-likeness (QED) is 0.0898. The number of benzene rings is 2. The fraction of sp³-hybridized carbons (Fsp3) is 0.361. The largest absolute Gasteiger partial charge is 0.479 e. The average Bonchev–Trinajstić information content (AvgIpc) is 3.15. The number of halogens is 2. The maximum absolute atomic E-state index is 13.9. The standard InChI is InChI=1S/C32H36ClFN6O2S.C4H6O6/c1-4-25-20-40(32(37-31(25)42)43-22-23-7-13-28(34)14-8-23)21-29(41)39(16-15-38(5-2)6-3)19-24-17-35-30(36-18-24)26-9-11-27(33)12-10-26;5-1(3(7)8)2(6)4(9)10/h7-14,17-18,20H,4-6,15-16,19,21-22H2,1-3H3;1-2,5-6H,(H,7,8)(H,9,10). The van der Waals surface area contributed by atoms with E-state index in [-0.39, 0.29) is 23.8 Å². The topological polar surface area (TPSA) is 199 Å². The van der Waals surface area contributed by atoms with Crippen LogP contribution in [0.5, 0.6) is 0 Å². The Labute approximate surface area is 314 Å². The van der Waals surface area contributed by atoms with Crippen molar-refractivity contribution in [2.45, 2.75) is 63.4 Å². The second kappa shape index (κ2) is 21.1. The summed E-state index contributed by atoms with van der Waals surface area (Å²) in [5.74, 6) is -2.89. The van der Waals surface area contributed by atoms with E-state index in [2.05, 4.69) is 33.7 Å². The predicted octanol–water partition coefficient (Wildman–Crippen LogP) is 3.60. The molecule has 0 bridgehead atoms. The van der Waals surface area contributed by atoms with Gasteiger partial charge in [-0.2, -0.15) is 4.98 Å². The fourth-order valence-electron chi connectivity index (χ4n) is 4.74. The summed E-state index contributed by atoms with van der Waals surface area (Å²) in [6.45, 7) is 9.45. The van der Waals surface area contributed by atoms with Gasteiger partial charge in [-0.3, -0.25) is 9.59 Å². The molecule has 2 atom stereocenters. The molecule has 0 spiro atoms. The summed E-state index contributed by atoms with van der Waals surface area (Å²) in [6.07, 6.45) is 1.19. The lowest BCUT2D eigenvalue weighted by atomic mass is 10.2. The number of carbonyl (C=O) groups is 3. The van der Waals surface area contributed by atoms with Crippen molar-refractivity contribution < 1.29 is 39.2 Å². The molecule has 0 aliphatic heterocycles. The number of carbonyl (C=O) groups excluding carboxylic acids is 1. The zero-order chi connectivity index (χ0) is 39.1. The van der Waals surface area contributed by atoms with Gasteiger partial charge in [-0.25, -0.2) is 23.9 Å². The van der Waals surface area contributed by atoms with Crippen LogP contribution in [0.1, 0.15) is 37.5 Å². The van der Waals surface area contributed by atoms with E-state index in [0.717, 1.165) is 36.3 Å². The lowest BCUT2D eigenvalue weighted by Crippen LogP contribution is -2.40. The number of hydrogen-bond acceptors (Lipinski definition) is 11. The van der Waals surface area contributed by atoms with Gasteiger partial charge in [-0.05, 0) is 61.5 Å². The molecule has 14 nitrogen and oxygen atoms in total. The number of aliphatic hydroxyl groups is 2. The van der Waals surface area contributed by atoms with Crippen LogP contribution in [0.15, 0.2) is 77.1 Å². The van der Waals surface area contributed by atoms with Crippen LogP contribution in [0, 0.1) is 5.82 Å². The van der Waals surface area contributed by atoms with Crippen molar-refractivity contribution in [2.24, 2.45) is 0 Å². The van der Waals surface area contributed by atoms with E-state index in [1.54, 1.807) is 52.3 Å². The number of rotatable bonds is 17. The van der Waals surface area contributed by atoms with Crippen molar-refractivity contribution in [2.75, 3.05) is 26.2 Å². The van der Waals surface area contributed by atoms with Crippen molar-refractivity contribution in [1.82, 2.24) is 29.3 Å². The smallest absolute Gasteiger partial charge is 0.335 e. The van der Waals surface area contributed by atoms with Gasteiger partial charge >= 0.3 is 11.9 Å². The molecule has 2 aromatic carbocycles. The van der Waals surface area contributed by atoms with E-state index in [1.165, 1.54) is 23.9 Å². The molecule has 17 heteroatoms. The summed E-state index contributed by atoms with van der Waals surface area (Å²) in [7, 11) is 0. The van der Waals surface area contributed by atoms with Crippen LogP contribution in [-0.2, 0) is 39.6 Å². The lowest BCUT2D eigenvalue weighted by Gasteiger charge is -2.27. The van der Waals surface area contributed by atoms with Crippen molar-refractivity contribution in [3.63, 3.8) is 0 Å². The van der Waals surface area contributed by atoms with Crippen LogP contribution >= 0.6 is 23.4 Å². The maximum Gasteiger partial charge on any atom is 0.335 e. The Bertz CT molecular complexity index is 1840. The third-order valence-corrected chi connectivity index (χ3v) is 9.23. The highest BCUT2D eigenvalue weighted by atomic mass is 35.5. The molecule has 1 amide bonds. The molecule has 4 aromatic rings. The van der Waals surface area contributed by atoms with Gasteiger partial charge in [0.15, 0.2) is 23.2 Å². The van der Waals surface area contributed by atoms with E-state index in [0.29, 0.717) is 46.8 Å². The molecule has 0 radical (unpaired) electrons. The molecule has 53 heavy (non-hydrogen) atoms. The normalized spacial score (nSPS) is 12.1. The number of aliphatic hydroxyl groups excluding tert-OH is 2. The summed E-state index contributed by atoms with van der Waals surface area (Å²) < 4.78 is 15.1. The van der Waals surface area contributed by atoms with E-state index in [4.69, 9.17) is 32.0 Å². The summed E-state index contributed by atoms with van der Waals surface area (Å²) >= 11 is 7.36. The van der Waals surface area contributed by atoms with Crippen LogP contribution in [0.4, 0.5) is 4.39 Å². The first-order chi connectivity index (χ1) is 25.3. The Morgan fingerprint density at radius 2 is 1.47 bits per heavy atom. The molecule has 284 valence electrons. The first-order valence-corrected chi connectivity index (χ1v) is 18.0. The molecule has 4 rings (SSSR count). The number of likely N-dealkylation sites (N-methyl/N-ethyl adjacent to an activating group) is 1. The number of carboxylic acids is 2. The van der Waals surface area contributed by atoms with Gasteiger partial charge in [-0.15, -0.1) is 0 Å². The average molecular weight is 773 g/mol. The van der Waals surface area contributed by atoms with Crippen LogP contribution in [-0.4, -0.2) is 106 Å². The van der Waals surface area contributed by atoms with Crippen LogP contribution < -0.4 is 5.56 Å². The minimum atomic E-state index is -2.27. The second-order valence-electron chi connectivity index (χ2n) is 11.6. The Kier molecular flexibility index (Phi) is 17.0. The Morgan fingerprint density at radius 1 is 0.887 bits per heavy atom. The number of hydrogen-bond donors (Lipinski definition) is 4. The number of amides is 1. The Morgan fingerprint density at radius 3 is 2.00 bits per heavy atom. The van der Waals surface area contributed by atoms with Gasteiger partial charge in [0.05, 0.1) is 0 Å². The molecule has 0 saturated heterocycles. The van der Waals surface area contributed by atoms with Crippen molar-refractivity contribution in [3.05, 3.63) is 105 Å². The van der Waals surface area contributed by atoms with Gasteiger partial charge < -0.3 is 34.8 Å². The number of aryl methyl sites for hydroxylation is 1. The predicted molar refractivity (Wildman–Crippen MR) is 197 cm³/mol. The SMILES string of the molecule is CCc1cn(CC(=O)N(CCN(CC)CC)Cc2cnc(-c3ccc(Cl)cc3)nc2)c(SCc2ccc(F)cc2)nc1=O.O=C(O)C(O)C(O)C(=O)O. The monoisotopic (exact) mass is 772 g/mol. The van der Waals surface area contributed by atoms with Gasteiger partial charge in [-0.1, -0.05) is 56.3 Å². The lowest BCUT2D eigenvalue weighted by molar-refractivity contribution is -0.165. The third-order valence-electron chi connectivity index (χ3n) is 7.92. The van der Waals surface area contributed by atoms with E-state index >= 15 is 0 Å². The number of nitrogens with zero attached hydrogens (tertiary/aromatic N) is 6. The van der Waals surface area contributed by atoms with Crippen molar-refractivity contribution >= 4 is 41.2 Å². The molecule has 0 fully saturated rings. The number of aliphatic carboxylic acids is 2. The summed E-state index contributed by atoms with van der Waals surface area (Å²) in [5, 5.41) is 33.6. The summed E-state index contributed by atoms with van der Waals surface area (Å²) in [5.41, 5.74) is 2.79. The first-order valence-electron chi connectivity index (χ1n) is 16.6. The minimum absolute atomic E-state index is 0.0218. The van der Waals surface area contributed by atoms with Crippen molar-refractivity contribution in [3.8, 4) is 11.4 Å². The van der Waals surface area contributed by atoms with Gasteiger partial charge in [0, 0.05) is 65.7 Å². The number of thioether (sulfide) groups is 1. The first kappa shape index (κ1) is 42.7.